The predicted molar refractivity (Wildman–Crippen MR) is 58.0 cm³/mol. The zero-order chi connectivity index (χ0) is 8.93. The summed E-state index contributed by atoms with van der Waals surface area (Å²) in [4.78, 5) is 1.31. The highest BCUT2D eigenvalue weighted by Gasteiger charge is 2.13. The topological polar surface area (TPSA) is 0 Å². The van der Waals surface area contributed by atoms with Crippen LogP contribution in [0.15, 0.2) is 29.2 Å². The molecule has 13 heavy (non-hydrogen) atoms. The first kappa shape index (κ1) is 9.14. The number of hydrogen-bond donors (Lipinski definition) is 0. The van der Waals surface area contributed by atoms with Gasteiger partial charge in [-0.3, -0.25) is 0 Å². The zero-order valence-electron chi connectivity index (χ0n) is 7.83. The van der Waals surface area contributed by atoms with Crippen LogP contribution in [0.5, 0.6) is 0 Å². The molecule has 0 bridgehead atoms. The zero-order valence-corrected chi connectivity index (χ0v) is 8.65. The van der Waals surface area contributed by atoms with Crippen LogP contribution in [0, 0.1) is 6.07 Å². The van der Waals surface area contributed by atoms with Crippen molar-refractivity contribution < 1.29 is 0 Å². The minimum Gasteiger partial charge on any atom is -0.122 e. The average molecular weight is 191 g/mol. The summed E-state index contributed by atoms with van der Waals surface area (Å²) in [5.74, 6) is 0. The van der Waals surface area contributed by atoms with E-state index in [1.165, 1.54) is 37.0 Å². The van der Waals surface area contributed by atoms with E-state index in [1.807, 2.05) is 23.9 Å². The lowest BCUT2D eigenvalue weighted by Crippen LogP contribution is -2.07. The van der Waals surface area contributed by atoms with Crippen molar-refractivity contribution in [2.24, 2.45) is 0 Å². The molecular weight excluding hydrogens is 176 g/mol. The molecule has 1 aliphatic carbocycles. The second-order valence-corrected chi connectivity index (χ2v) is 4.95. The Bertz CT molecular complexity index is 237. The Hall–Kier alpha value is -0.430. The Morgan fingerprint density at radius 3 is 2.69 bits per heavy atom. The highest BCUT2D eigenvalue weighted by Crippen LogP contribution is 2.32. The van der Waals surface area contributed by atoms with Crippen LogP contribution in [0.1, 0.15) is 32.1 Å². The molecule has 0 aromatic heterocycles. The van der Waals surface area contributed by atoms with Crippen molar-refractivity contribution in [1.29, 1.82) is 0 Å². The molecule has 1 saturated carbocycles. The van der Waals surface area contributed by atoms with Crippen LogP contribution in [-0.4, -0.2) is 5.25 Å². The van der Waals surface area contributed by atoms with Crippen molar-refractivity contribution in [3.8, 4) is 0 Å². The van der Waals surface area contributed by atoms with Gasteiger partial charge < -0.3 is 0 Å². The Morgan fingerprint density at radius 1 is 1.15 bits per heavy atom. The lowest BCUT2D eigenvalue weighted by molar-refractivity contribution is 0.516. The molecular formula is C12H15S. The monoisotopic (exact) mass is 191 g/mol. The van der Waals surface area contributed by atoms with Crippen LogP contribution in [-0.2, 0) is 0 Å². The first-order valence-corrected chi connectivity index (χ1v) is 5.96. The van der Waals surface area contributed by atoms with E-state index in [0.717, 1.165) is 5.25 Å². The first-order chi connectivity index (χ1) is 6.45. The van der Waals surface area contributed by atoms with E-state index < -0.39 is 0 Å². The van der Waals surface area contributed by atoms with Crippen LogP contribution in [0.25, 0.3) is 0 Å². The van der Waals surface area contributed by atoms with Gasteiger partial charge in [-0.15, -0.1) is 11.8 Å². The highest BCUT2D eigenvalue weighted by atomic mass is 32.2. The molecule has 0 saturated heterocycles. The summed E-state index contributed by atoms with van der Waals surface area (Å²) < 4.78 is 0. The smallest absolute Gasteiger partial charge is 0.0154 e. The van der Waals surface area contributed by atoms with Gasteiger partial charge in [0.2, 0.25) is 0 Å². The molecule has 1 radical (unpaired) electrons. The molecule has 1 aromatic carbocycles. The highest BCUT2D eigenvalue weighted by molar-refractivity contribution is 8.00. The molecule has 0 N–H and O–H groups in total. The molecule has 0 nitrogen and oxygen atoms in total. The van der Waals surface area contributed by atoms with Crippen molar-refractivity contribution >= 4 is 11.8 Å². The van der Waals surface area contributed by atoms with Gasteiger partial charge in [-0.2, -0.15) is 0 Å². The van der Waals surface area contributed by atoms with E-state index in [0.29, 0.717) is 0 Å². The Morgan fingerprint density at radius 2 is 2.00 bits per heavy atom. The van der Waals surface area contributed by atoms with Gasteiger partial charge in [0.25, 0.3) is 0 Å². The Kier molecular flexibility index (Phi) is 3.31. The van der Waals surface area contributed by atoms with Gasteiger partial charge in [-0.05, 0) is 25.0 Å². The van der Waals surface area contributed by atoms with Crippen LogP contribution in [0.3, 0.4) is 0 Å². The molecule has 2 rings (SSSR count). The van der Waals surface area contributed by atoms with Gasteiger partial charge in [-0.25, -0.2) is 0 Å². The Labute approximate surface area is 84.7 Å². The number of hydrogen-bond acceptors (Lipinski definition) is 1. The van der Waals surface area contributed by atoms with Crippen molar-refractivity contribution in [2.45, 2.75) is 42.2 Å². The largest absolute Gasteiger partial charge is 0.122 e. The average Bonchev–Trinajstić information content (AvgIpc) is 2.21. The molecule has 1 aliphatic rings. The second kappa shape index (κ2) is 4.71. The fourth-order valence-electron chi connectivity index (χ4n) is 1.81. The van der Waals surface area contributed by atoms with Crippen molar-refractivity contribution in [3.63, 3.8) is 0 Å². The summed E-state index contributed by atoms with van der Waals surface area (Å²) in [6, 6.07) is 11.6. The predicted octanol–water partition coefficient (Wildman–Crippen LogP) is 3.91. The molecule has 69 valence electrons. The number of benzene rings is 1. The minimum atomic E-state index is 0.854. The fourth-order valence-corrected chi connectivity index (χ4v) is 3.03. The summed E-state index contributed by atoms with van der Waals surface area (Å²) in [5, 5.41) is 0.854. The van der Waals surface area contributed by atoms with E-state index >= 15 is 0 Å². The van der Waals surface area contributed by atoms with E-state index in [1.54, 1.807) is 0 Å². The van der Waals surface area contributed by atoms with Crippen molar-refractivity contribution in [3.05, 3.63) is 30.3 Å². The molecule has 0 spiro atoms. The van der Waals surface area contributed by atoms with E-state index in [9.17, 15) is 0 Å². The summed E-state index contributed by atoms with van der Waals surface area (Å²) in [7, 11) is 0. The van der Waals surface area contributed by atoms with Gasteiger partial charge in [0.15, 0.2) is 0 Å². The quantitative estimate of drug-likeness (QED) is 0.683. The van der Waals surface area contributed by atoms with Gasteiger partial charge >= 0.3 is 0 Å². The third kappa shape index (κ3) is 2.77. The van der Waals surface area contributed by atoms with Crippen molar-refractivity contribution in [1.82, 2.24) is 0 Å². The molecule has 1 heteroatoms. The fraction of sp³-hybridized carbons (Fsp3) is 0.500. The minimum absolute atomic E-state index is 0.854. The van der Waals surface area contributed by atoms with E-state index in [4.69, 9.17) is 0 Å². The lowest BCUT2D eigenvalue weighted by Gasteiger charge is -2.20. The summed E-state index contributed by atoms with van der Waals surface area (Å²) in [6.45, 7) is 0. The van der Waals surface area contributed by atoms with Crippen LogP contribution in [0.2, 0.25) is 0 Å². The number of thioether (sulfide) groups is 1. The molecule has 1 aromatic rings. The Balaban J connectivity index is 1.90. The maximum Gasteiger partial charge on any atom is 0.0154 e. The lowest BCUT2D eigenvalue weighted by atomic mass is 10.0. The first-order valence-electron chi connectivity index (χ1n) is 5.08. The van der Waals surface area contributed by atoms with Gasteiger partial charge in [0.05, 0.1) is 0 Å². The number of rotatable bonds is 2. The van der Waals surface area contributed by atoms with Gasteiger partial charge in [0, 0.05) is 10.1 Å². The molecule has 0 aliphatic heterocycles. The van der Waals surface area contributed by atoms with E-state index in [2.05, 4.69) is 18.2 Å². The molecule has 1 fully saturated rings. The normalized spacial score (nSPS) is 18.8. The standard InChI is InChI=1S/C12H15S/c1-3-7-11(8-4-1)13-12-9-5-2-6-10-12/h1,3-4,7,12H,2,5-6,9-10H2. The molecule has 0 unspecified atom stereocenters. The third-order valence-corrected chi connectivity index (χ3v) is 3.84. The van der Waals surface area contributed by atoms with Crippen LogP contribution in [0.4, 0.5) is 0 Å². The summed E-state index contributed by atoms with van der Waals surface area (Å²) >= 11 is 2.01. The second-order valence-electron chi connectivity index (χ2n) is 3.60. The van der Waals surface area contributed by atoms with Gasteiger partial charge in [-0.1, -0.05) is 37.5 Å². The third-order valence-electron chi connectivity index (χ3n) is 2.53. The maximum absolute atomic E-state index is 3.28. The molecule has 0 atom stereocenters. The SMILES string of the molecule is [c]1ccccc1SC1CCCCC1. The maximum atomic E-state index is 3.28. The molecule has 0 amide bonds. The van der Waals surface area contributed by atoms with E-state index in [-0.39, 0.29) is 0 Å². The summed E-state index contributed by atoms with van der Waals surface area (Å²) in [6.07, 6.45) is 7.07. The van der Waals surface area contributed by atoms with Crippen LogP contribution >= 0.6 is 11.8 Å². The summed E-state index contributed by atoms with van der Waals surface area (Å²) in [5.41, 5.74) is 0. The molecule has 0 heterocycles. The van der Waals surface area contributed by atoms with Crippen LogP contribution < -0.4 is 0 Å². The van der Waals surface area contributed by atoms with Gasteiger partial charge in [0.1, 0.15) is 0 Å². The van der Waals surface area contributed by atoms with Crippen molar-refractivity contribution in [2.75, 3.05) is 0 Å².